The van der Waals surface area contributed by atoms with Crippen LogP contribution in [-0.2, 0) is 9.84 Å². The smallest absolute Gasteiger partial charge is 0.192 e. The number of nitrogens with zero attached hydrogens (tertiary/aromatic N) is 1. The Hall–Kier alpha value is -0.120. The fourth-order valence-electron chi connectivity index (χ4n) is 2.98. The van der Waals surface area contributed by atoms with Crippen LogP contribution in [0.25, 0.3) is 0 Å². The van der Waals surface area contributed by atoms with Gasteiger partial charge in [0.1, 0.15) is 4.21 Å². The van der Waals surface area contributed by atoms with E-state index in [0.29, 0.717) is 4.21 Å². The van der Waals surface area contributed by atoms with E-state index in [9.17, 15) is 8.42 Å². The van der Waals surface area contributed by atoms with Crippen molar-refractivity contribution in [3.05, 3.63) is 17.5 Å². The van der Waals surface area contributed by atoms with Crippen molar-refractivity contribution in [1.82, 2.24) is 4.90 Å². The van der Waals surface area contributed by atoms with E-state index >= 15 is 0 Å². The Kier molecular flexibility index (Phi) is 7.15. The first kappa shape index (κ1) is 18.9. The van der Waals surface area contributed by atoms with Gasteiger partial charge in [-0.05, 0) is 37.4 Å². The third-order valence-electron chi connectivity index (χ3n) is 4.03. The van der Waals surface area contributed by atoms with E-state index in [1.54, 1.807) is 17.8 Å². The number of hydrogen-bond acceptors (Lipinski definition) is 5. The van der Waals surface area contributed by atoms with Crippen molar-refractivity contribution in [3.63, 3.8) is 0 Å². The number of sulfone groups is 1. The minimum Gasteiger partial charge on any atom is -0.412 e. The Morgan fingerprint density at radius 2 is 1.81 bits per heavy atom. The van der Waals surface area contributed by atoms with Crippen molar-refractivity contribution in [3.8, 4) is 0 Å². The average Bonchev–Trinajstić information content (AvgIpc) is 3.11. The second-order valence-corrected chi connectivity index (χ2v) is 9.63. The van der Waals surface area contributed by atoms with Gasteiger partial charge < -0.3 is 11.0 Å². The first-order valence-corrected chi connectivity index (χ1v) is 10.4. The Bertz CT molecular complexity index is 512. The number of piperidine rings is 1. The molecular weight excluding hydrogens is 330 g/mol. The zero-order chi connectivity index (χ0) is 13.3. The van der Waals surface area contributed by atoms with Gasteiger partial charge in [-0.3, -0.25) is 4.90 Å². The summed E-state index contributed by atoms with van der Waals surface area (Å²) in [6, 6.07) is 3.80. The molecule has 0 amide bonds. The van der Waals surface area contributed by atoms with Gasteiger partial charge in [-0.2, -0.15) is 11.8 Å². The Balaban J connectivity index is 0.00000110. The largest absolute Gasteiger partial charge is 0.412 e. The first-order valence-electron chi connectivity index (χ1n) is 6.79. The standard InChI is InChI=1S/C13H19NO2S3.2H2O/c15-19(16,13-5-4-8-18-13)12-10-17-9-11(12)14-6-2-1-3-7-14;;/h4-5,8,11-12H,1-3,6-7,9-10H2;2*1H2/t11-,12-;;/m0../s1. The second kappa shape index (κ2) is 7.94. The molecule has 8 heteroatoms. The molecule has 1 aromatic heterocycles. The quantitative estimate of drug-likeness (QED) is 0.803. The Morgan fingerprint density at radius 1 is 1.10 bits per heavy atom. The van der Waals surface area contributed by atoms with Crippen molar-refractivity contribution in [2.75, 3.05) is 24.6 Å². The van der Waals surface area contributed by atoms with Crippen molar-refractivity contribution in [2.24, 2.45) is 0 Å². The minimum atomic E-state index is -3.14. The summed E-state index contributed by atoms with van der Waals surface area (Å²) in [5.74, 6) is 1.72. The van der Waals surface area contributed by atoms with Crippen LogP contribution in [0.15, 0.2) is 21.7 Å². The SMILES string of the molecule is O.O.O=S(=O)(c1cccs1)[C@H]1CSC[C@@H]1N1CCCCC1. The monoisotopic (exact) mass is 353 g/mol. The number of rotatable bonds is 3. The fourth-order valence-corrected chi connectivity index (χ4v) is 8.16. The lowest BCUT2D eigenvalue weighted by atomic mass is 10.1. The van der Waals surface area contributed by atoms with Crippen LogP contribution in [0, 0.1) is 0 Å². The molecule has 0 aromatic carbocycles. The van der Waals surface area contributed by atoms with Crippen LogP contribution in [0.1, 0.15) is 19.3 Å². The third kappa shape index (κ3) is 3.80. The summed E-state index contributed by atoms with van der Waals surface area (Å²) in [6.45, 7) is 2.14. The molecular formula is C13H23NO4S3. The van der Waals surface area contributed by atoms with Crippen molar-refractivity contribution < 1.29 is 19.4 Å². The summed E-state index contributed by atoms with van der Waals surface area (Å²) in [5.41, 5.74) is 0. The van der Waals surface area contributed by atoms with E-state index in [1.807, 2.05) is 11.4 Å². The van der Waals surface area contributed by atoms with Crippen molar-refractivity contribution in [1.29, 1.82) is 0 Å². The van der Waals surface area contributed by atoms with Crippen LogP contribution in [0.2, 0.25) is 0 Å². The molecule has 122 valence electrons. The van der Waals surface area contributed by atoms with Gasteiger partial charge in [0.15, 0.2) is 9.84 Å². The molecule has 0 spiro atoms. The minimum absolute atomic E-state index is 0. The lowest BCUT2D eigenvalue weighted by Gasteiger charge is -2.34. The van der Waals surface area contributed by atoms with E-state index < -0.39 is 9.84 Å². The van der Waals surface area contributed by atoms with Crippen LogP contribution >= 0.6 is 23.1 Å². The topological polar surface area (TPSA) is 100 Å². The van der Waals surface area contributed by atoms with Gasteiger partial charge in [0.2, 0.25) is 0 Å². The Labute approximate surface area is 134 Å². The molecule has 2 atom stereocenters. The molecule has 3 heterocycles. The molecule has 5 nitrogen and oxygen atoms in total. The first-order chi connectivity index (χ1) is 9.19. The summed E-state index contributed by atoms with van der Waals surface area (Å²) < 4.78 is 26.0. The molecule has 0 saturated carbocycles. The highest BCUT2D eigenvalue weighted by atomic mass is 32.2. The molecule has 2 fully saturated rings. The zero-order valence-electron chi connectivity index (χ0n) is 11.8. The van der Waals surface area contributed by atoms with E-state index in [2.05, 4.69) is 4.90 Å². The van der Waals surface area contributed by atoms with Gasteiger partial charge in [-0.1, -0.05) is 12.5 Å². The summed E-state index contributed by atoms with van der Waals surface area (Å²) in [6.07, 6.45) is 3.72. The average molecular weight is 354 g/mol. The lowest BCUT2D eigenvalue weighted by molar-refractivity contribution is 0.178. The Morgan fingerprint density at radius 3 is 2.43 bits per heavy atom. The van der Waals surface area contributed by atoms with Crippen LogP contribution in [0.4, 0.5) is 0 Å². The summed E-state index contributed by atoms with van der Waals surface area (Å²) in [7, 11) is -3.14. The molecule has 0 aliphatic carbocycles. The molecule has 2 aliphatic rings. The highest BCUT2D eigenvalue weighted by molar-refractivity contribution is 8.02. The summed E-state index contributed by atoms with van der Waals surface area (Å²) in [5, 5.41) is 1.64. The molecule has 2 saturated heterocycles. The summed E-state index contributed by atoms with van der Waals surface area (Å²) in [4.78, 5) is 2.42. The normalized spacial score (nSPS) is 26.9. The van der Waals surface area contributed by atoms with E-state index in [4.69, 9.17) is 0 Å². The summed E-state index contributed by atoms with van der Waals surface area (Å²) >= 11 is 3.14. The molecule has 4 N–H and O–H groups in total. The molecule has 0 unspecified atom stereocenters. The predicted molar refractivity (Wildman–Crippen MR) is 89.1 cm³/mol. The number of hydrogen-bond donors (Lipinski definition) is 0. The predicted octanol–water partition coefficient (Wildman–Crippen LogP) is 0.842. The van der Waals surface area contributed by atoms with Gasteiger partial charge >= 0.3 is 0 Å². The van der Waals surface area contributed by atoms with E-state index in [0.717, 1.165) is 24.6 Å². The third-order valence-corrected chi connectivity index (χ3v) is 9.04. The zero-order valence-corrected chi connectivity index (χ0v) is 14.3. The van der Waals surface area contributed by atoms with Gasteiger partial charge in [0.25, 0.3) is 0 Å². The van der Waals surface area contributed by atoms with Crippen LogP contribution in [0.3, 0.4) is 0 Å². The van der Waals surface area contributed by atoms with E-state index in [1.165, 1.54) is 30.6 Å². The van der Waals surface area contributed by atoms with Crippen LogP contribution in [0.5, 0.6) is 0 Å². The van der Waals surface area contributed by atoms with Gasteiger partial charge in [0, 0.05) is 17.5 Å². The number of likely N-dealkylation sites (tertiary alicyclic amines) is 1. The van der Waals surface area contributed by atoms with Gasteiger partial charge in [0.05, 0.1) is 5.25 Å². The lowest BCUT2D eigenvalue weighted by Crippen LogP contribution is -2.48. The number of thiophene rings is 1. The maximum atomic E-state index is 12.7. The highest BCUT2D eigenvalue weighted by Crippen LogP contribution is 2.34. The van der Waals surface area contributed by atoms with Gasteiger partial charge in [-0.25, -0.2) is 8.42 Å². The molecule has 0 bridgehead atoms. The number of thioether (sulfide) groups is 1. The van der Waals surface area contributed by atoms with Crippen molar-refractivity contribution >= 4 is 32.9 Å². The van der Waals surface area contributed by atoms with Crippen molar-refractivity contribution in [2.45, 2.75) is 34.8 Å². The molecule has 0 radical (unpaired) electrons. The molecule has 3 rings (SSSR count). The molecule has 21 heavy (non-hydrogen) atoms. The van der Waals surface area contributed by atoms with Gasteiger partial charge in [-0.15, -0.1) is 11.3 Å². The van der Waals surface area contributed by atoms with Crippen LogP contribution in [-0.4, -0.2) is 60.2 Å². The fraction of sp³-hybridized carbons (Fsp3) is 0.692. The molecule has 1 aromatic rings. The maximum absolute atomic E-state index is 12.7. The highest BCUT2D eigenvalue weighted by Gasteiger charge is 2.42. The maximum Gasteiger partial charge on any atom is 0.192 e. The molecule has 2 aliphatic heterocycles. The van der Waals surface area contributed by atoms with E-state index in [-0.39, 0.29) is 22.2 Å². The van der Waals surface area contributed by atoms with Crippen LogP contribution < -0.4 is 0 Å². The second-order valence-electron chi connectivity index (χ2n) is 5.22.